The second-order valence-electron chi connectivity index (χ2n) is 19.8. The van der Waals surface area contributed by atoms with Crippen molar-refractivity contribution in [2.75, 3.05) is 61.0 Å². The van der Waals surface area contributed by atoms with Crippen molar-refractivity contribution in [3.63, 3.8) is 0 Å². The quantitative estimate of drug-likeness (QED) is 0.0884. The standard InChI is InChI=1S/C27H34F2N6O3S.C24H28F2N6O3S/c1-18(2)34-16-23(17-34)33-11-9-24(10-12-33)39(36,37)35(22-6-4-5-19(3)13-22)15-21-8-7-20(14-30-21)26-31-32-27(38-26)25(28)29;1-16-3-2-4-19(11-16)32(36(33,34)21-7-9-31(10-8-21)20-13-27-14-20)15-18-6-5-17(12-28-18)23-29-30-24(35-23)22(25)26/h4-8,13-14,18,23-25H,9-12,15-17H2,1-3H3;2-6,11-12,20-22,27H,7-10,13-15H2,1H3. The Hall–Kier alpha value is -5.92. The van der Waals surface area contributed by atoms with E-state index in [1.807, 2.05) is 50.2 Å². The van der Waals surface area contributed by atoms with Crippen molar-refractivity contribution in [3.05, 3.63) is 119 Å². The topological polar surface area (TPSA) is 200 Å². The minimum atomic E-state index is -3.69. The molecule has 0 unspecified atom stereocenters. The van der Waals surface area contributed by atoms with Crippen molar-refractivity contribution >= 4 is 31.4 Å². The highest BCUT2D eigenvalue weighted by molar-refractivity contribution is 7.93. The maximum absolute atomic E-state index is 14.0. The Balaban J connectivity index is 0.000000184. The molecule has 75 heavy (non-hydrogen) atoms. The van der Waals surface area contributed by atoms with Gasteiger partial charge < -0.3 is 14.2 Å². The lowest BCUT2D eigenvalue weighted by molar-refractivity contribution is 0.00578. The number of piperidine rings is 2. The molecule has 6 aromatic rings. The predicted molar refractivity (Wildman–Crippen MR) is 274 cm³/mol. The number of alkyl halides is 4. The Morgan fingerprint density at radius 1 is 0.613 bits per heavy atom. The van der Waals surface area contributed by atoms with Crippen LogP contribution < -0.4 is 13.9 Å². The van der Waals surface area contributed by atoms with Crippen LogP contribution >= 0.6 is 0 Å². The van der Waals surface area contributed by atoms with Crippen LogP contribution in [0.4, 0.5) is 28.9 Å². The SMILES string of the molecule is Cc1cccc(N(Cc2ccc(-c3nnc(C(F)F)o3)cn2)S(=O)(=O)C2CCN(C3CN(C(C)C)C3)CC2)c1.Cc1cccc(N(Cc2ccc(-c3nnc(C(F)F)o3)cn2)S(=O)(=O)C2CCN(C3CNC3)CC2)c1. The summed E-state index contributed by atoms with van der Waals surface area (Å²) in [7, 11) is -7.36. The number of sulfonamides is 2. The second-order valence-corrected chi connectivity index (χ2v) is 24.1. The molecule has 24 heteroatoms. The Labute approximate surface area is 434 Å². The molecule has 402 valence electrons. The molecule has 8 heterocycles. The number of likely N-dealkylation sites (tertiary alicyclic amines) is 3. The van der Waals surface area contributed by atoms with Gasteiger partial charge >= 0.3 is 12.9 Å². The van der Waals surface area contributed by atoms with Crippen LogP contribution in [0.25, 0.3) is 22.9 Å². The third kappa shape index (κ3) is 12.5. The van der Waals surface area contributed by atoms with Gasteiger partial charge in [0.1, 0.15) is 0 Å². The Bertz CT molecular complexity index is 3070. The normalized spacial score (nSPS) is 18.0. The summed E-state index contributed by atoms with van der Waals surface area (Å²) in [5, 5.41) is 16.3. The first-order valence-electron chi connectivity index (χ1n) is 25.2. The van der Waals surface area contributed by atoms with Crippen LogP contribution in [0.3, 0.4) is 0 Å². The van der Waals surface area contributed by atoms with Crippen LogP contribution in [0.1, 0.15) is 86.7 Å². The molecule has 4 saturated heterocycles. The summed E-state index contributed by atoms with van der Waals surface area (Å²) < 4.78 is 120. The van der Waals surface area contributed by atoms with E-state index in [0.29, 0.717) is 77.7 Å². The Kier molecular flexibility index (Phi) is 16.6. The van der Waals surface area contributed by atoms with Gasteiger partial charge in [0.05, 0.1) is 57.5 Å². The van der Waals surface area contributed by atoms with Gasteiger partial charge in [-0.05, 0) is 139 Å². The fraction of sp³-hybridized carbons (Fsp3) is 0.490. The molecule has 4 aliphatic heterocycles. The van der Waals surface area contributed by atoms with E-state index in [1.54, 1.807) is 36.4 Å². The molecule has 0 radical (unpaired) electrons. The molecule has 4 fully saturated rings. The maximum atomic E-state index is 14.0. The Morgan fingerprint density at radius 2 is 1.04 bits per heavy atom. The van der Waals surface area contributed by atoms with E-state index in [2.05, 4.69) is 64.2 Å². The molecule has 4 aromatic heterocycles. The van der Waals surface area contributed by atoms with Gasteiger partial charge in [0.25, 0.3) is 11.8 Å². The molecule has 0 saturated carbocycles. The van der Waals surface area contributed by atoms with E-state index in [0.717, 1.165) is 63.5 Å². The number of nitrogens with one attached hydrogen (secondary N) is 1. The summed E-state index contributed by atoms with van der Waals surface area (Å²) >= 11 is 0. The van der Waals surface area contributed by atoms with Crippen molar-refractivity contribution < 1.29 is 43.2 Å². The van der Waals surface area contributed by atoms with Gasteiger partial charge in [-0.2, -0.15) is 17.6 Å². The molecule has 2 aromatic carbocycles. The van der Waals surface area contributed by atoms with Crippen molar-refractivity contribution in [1.29, 1.82) is 0 Å². The van der Waals surface area contributed by atoms with E-state index >= 15 is 0 Å². The van der Waals surface area contributed by atoms with E-state index in [4.69, 9.17) is 8.83 Å². The number of hydrogen-bond donors (Lipinski definition) is 1. The minimum absolute atomic E-state index is 0.0460. The van der Waals surface area contributed by atoms with Crippen molar-refractivity contribution in [2.24, 2.45) is 0 Å². The summed E-state index contributed by atoms with van der Waals surface area (Å²) in [6.07, 6.45) is -0.543. The maximum Gasteiger partial charge on any atom is 0.314 e. The van der Waals surface area contributed by atoms with Crippen molar-refractivity contribution in [3.8, 4) is 22.9 Å². The van der Waals surface area contributed by atoms with E-state index in [-0.39, 0.29) is 24.9 Å². The van der Waals surface area contributed by atoms with Crippen LogP contribution in [-0.4, -0.2) is 143 Å². The number of anilines is 2. The van der Waals surface area contributed by atoms with E-state index < -0.39 is 55.2 Å². The van der Waals surface area contributed by atoms with Crippen LogP contribution in [0.5, 0.6) is 0 Å². The molecular weight excluding hydrogens is 1020 g/mol. The van der Waals surface area contributed by atoms with E-state index in [1.165, 1.54) is 21.0 Å². The third-order valence-electron chi connectivity index (χ3n) is 14.4. The van der Waals surface area contributed by atoms with Crippen LogP contribution in [0.2, 0.25) is 0 Å². The zero-order valence-electron chi connectivity index (χ0n) is 42.2. The minimum Gasteiger partial charge on any atom is -0.415 e. The molecule has 4 aliphatic rings. The lowest BCUT2D eigenvalue weighted by Gasteiger charge is -2.49. The van der Waals surface area contributed by atoms with Crippen LogP contribution in [0.15, 0.2) is 94.0 Å². The number of aryl methyl sites for hydroxylation is 2. The highest BCUT2D eigenvalue weighted by Crippen LogP contribution is 2.33. The molecule has 0 aliphatic carbocycles. The highest BCUT2D eigenvalue weighted by Gasteiger charge is 2.41. The smallest absolute Gasteiger partial charge is 0.314 e. The molecular formula is C51H62F4N12O6S2. The number of benzene rings is 2. The number of aromatic nitrogens is 6. The molecule has 0 amide bonds. The fourth-order valence-electron chi connectivity index (χ4n) is 9.79. The lowest BCUT2D eigenvalue weighted by atomic mass is 10.0. The van der Waals surface area contributed by atoms with Crippen LogP contribution in [0, 0.1) is 13.8 Å². The van der Waals surface area contributed by atoms with Gasteiger partial charge in [-0.1, -0.05) is 24.3 Å². The second kappa shape index (κ2) is 23.1. The Morgan fingerprint density at radius 3 is 1.37 bits per heavy atom. The summed E-state index contributed by atoms with van der Waals surface area (Å²) in [5.74, 6) is -1.65. The summed E-state index contributed by atoms with van der Waals surface area (Å²) in [6, 6.07) is 22.9. The van der Waals surface area contributed by atoms with E-state index in [9.17, 15) is 34.4 Å². The lowest BCUT2D eigenvalue weighted by Crippen LogP contribution is -2.63. The average Bonchev–Trinajstić information content (AvgIpc) is 4.07. The molecule has 1 N–H and O–H groups in total. The summed E-state index contributed by atoms with van der Waals surface area (Å²) in [6.45, 7) is 15.4. The predicted octanol–water partition coefficient (Wildman–Crippen LogP) is 7.42. The molecule has 10 rings (SSSR count). The van der Waals surface area contributed by atoms with Gasteiger partial charge in [0.15, 0.2) is 0 Å². The third-order valence-corrected chi connectivity index (χ3v) is 18.9. The first kappa shape index (κ1) is 53.9. The van der Waals surface area contributed by atoms with Crippen LogP contribution in [-0.2, 0) is 33.1 Å². The monoisotopic (exact) mass is 1080 g/mol. The summed E-state index contributed by atoms with van der Waals surface area (Å²) in [4.78, 5) is 16.0. The number of halogens is 4. The first-order chi connectivity index (χ1) is 35.9. The molecule has 0 atom stereocenters. The first-order valence-corrected chi connectivity index (χ1v) is 28.2. The highest BCUT2D eigenvalue weighted by atomic mass is 32.2. The van der Waals surface area contributed by atoms with Crippen molar-refractivity contribution in [2.45, 2.75) is 108 Å². The van der Waals surface area contributed by atoms with Gasteiger partial charge in [0, 0.05) is 56.7 Å². The van der Waals surface area contributed by atoms with Gasteiger partial charge in [-0.15, -0.1) is 20.4 Å². The van der Waals surface area contributed by atoms with Gasteiger partial charge in [0.2, 0.25) is 31.8 Å². The molecule has 0 spiro atoms. The summed E-state index contributed by atoms with van der Waals surface area (Å²) in [5.41, 5.74) is 4.86. The molecule has 0 bridgehead atoms. The average molecular weight is 1080 g/mol. The largest absolute Gasteiger partial charge is 0.415 e. The number of rotatable bonds is 17. The zero-order valence-corrected chi connectivity index (χ0v) is 43.9. The fourth-order valence-corrected chi connectivity index (χ4v) is 13.6. The van der Waals surface area contributed by atoms with Crippen molar-refractivity contribution in [1.82, 2.24) is 50.4 Å². The number of pyridine rings is 2. The number of nitrogens with zero attached hydrogens (tertiary/aromatic N) is 11. The zero-order chi connectivity index (χ0) is 53.0. The van der Waals surface area contributed by atoms with Gasteiger partial charge in [-0.25, -0.2) is 16.8 Å². The van der Waals surface area contributed by atoms with Gasteiger partial charge in [-0.3, -0.25) is 33.3 Å². The molecule has 18 nitrogen and oxygen atoms in total. The number of hydrogen-bond acceptors (Lipinski definition) is 16.